The molecule has 1 aromatic carbocycles. The predicted molar refractivity (Wildman–Crippen MR) is 61.6 cm³/mol. The van der Waals surface area contributed by atoms with Gasteiger partial charge in [-0.15, -0.1) is 0 Å². The highest BCUT2D eigenvalue weighted by Crippen LogP contribution is 2.39. The Hall–Kier alpha value is -1.46. The molecule has 17 heavy (non-hydrogen) atoms. The highest BCUT2D eigenvalue weighted by molar-refractivity contribution is 6.32. The van der Waals surface area contributed by atoms with Crippen LogP contribution in [0.25, 0.3) is 0 Å². The van der Waals surface area contributed by atoms with Crippen molar-refractivity contribution in [1.82, 2.24) is 5.32 Å². The molecular formula is C11H12ClNO4. The topological polar surface area (TPSA) is 67.8 Å². The van der Waals surface area contributed by atoms with Gasteiger partial charge in [0.25, 0.3) is 5.91 Å². The molecule has 0 bridgehead atoms. The van der Waals surface area contributed by atoms with Crippen molar-refractivity contribution in [2.45, 2.75) is 13.0 Å². The molecule has 0 fully saturated rings. The zero-order valence-electron chi connectivity index (χ0n) is 9.20. The lowest BCUT2D eigenvalue weighted by Gasteiger charge is -2.11. The van der Waals surface area contributed by atoms with Crippen LogP contribution in [-0.2, 0) is 0 Å². The summed E-state index contributed by atoms with van der Waals surface area (Å²) in [6, 6.07) is 2.76. The van der Waals surface area contributed by atoms with Crippen LogP contribution in [0.15, 0.2) is 12.1 Å². The number of fused-ring (bicyclic) bond motifs is 1. The van der Waals surface area contributed by atoms with E-state index in [0.717, 1.165) is 0 Å². The van der Waals surface area contributed by atoms with Gasteiger partial charge in [0.05, 0.1) is 11.6 Å². The van der Waals surface area contributed by atoms with E-state index in [0.29, 0.717) is 22.1 Å². The third-order valence-electron chi connectivity index (χ3n) is 2.34. The van der Waals surface area contributed by atoms with Crippen LogP contribution in [0.5, 0.6) is 11.5 Å². The van der Waals surface area contributed by atoms with E-state index in [4.69, 9.17) is 26.2 Å². The summed E-state index contributed by atoms with van der Waals surface area (Å²) < 4.78 is 10.3. The van der Waals surface area contributed by atoms with E-state index in [1.807, 2.05) is 0 Å². The van der Waals surface area contributed by atoms with Gasteiger partial charge in [-0.1, -0.05) is 11.6 Å². The Morgan fingerprint density at radius 2 is 2.35 bits per heavy atom. The zero-order valence-corrected chi connectivity index (χ0v) is 9.95. The van der Waals surface area contributed by atoms with E-state index in [-0.39, 0.29) is 25.3 Å². The van der Waals surface area contributed by atoms with Gasteiger partial charge in [0.1, 0.15) is 0 Å². The van der Waals surface area contributed by atoms with Crippen molar-refractivity contribution in [3.8, 4) is 11.5 Å². The first-order valence-corrected chi connectivity index (χ1v) is 5.50. The fourth-order valence-corrected chi connectivity index (χ4v) is 1.72. The first-order valence-electron chi connectivity index (χ1n) is 5.12. The van der Waals surface area contributed by atoms with E-state index >= 15 is 0 Å². The van der Waals surface area contributed by atoms with Gasteiger partial charge in [-0.25, -0.2) is 0 Å². The molecule has 2 N–H and O–H groups in total. The van der Waals surface area contributed by atoms with E-state index in [9.17, 15) is 4.79 Å². The smallest absolute Gasteiger partial charge is 0.251 e. The number of benzene rings is 1. The molecule has 1 aromatic rings. The molecule has 5 nitrogen and oxygen atoms in total. The molecule has 0 saturated carbocycles. The fourth-order valence-electron chi connectivity index (χ4n) is 1.45. The number of halogens is 1. The maximum Gasteiger partial charge on any atom is 0.251 e. The standard InChI is InChI=1S/C11H12ClNO4/c1-6(4-14)13-11(15)7-2-8(12)10-9(3-7)16-5-17-10/h2-3,6,14H,4-5H2,1H3,(H,13,15)/t6-/m0/s1. The van der Waals surface area contributed by atoms with Crippen molar-refractivity contribution >= 4 is 17.5 Å². The van der Waals surface area contributed by atoms with E-state index in [1.54, 1.807) is 13.0 Å². The van der Waals surface area contributed by atoms with Crippen molar-refractivity contribution in [3.63, 3.8) is 0 Å². The number of amides is 1. The van der Waals surface area contributed by atoms with Crippen LogP contribution in [0, 0.1) is 0 Å². The molecule has 0 radical (unpaired) electrons. The maximum absolute atomic E-state index is 11.8. The minimum Gasteiger partial charge on any atom is -0.454 e. The van der Waals surface area contributed by atoms with Crippen molar-refractivity contribution in [1.29, 1.82) is 0 Å². The quantitative estimate of drug-likeness (QED) is 0.853. The van der Waals surface area contributed by atoms with E-state index in [2.05, 4.69) is 5.32 Å². The Kier molecular flexibility index (Phi) is 3.40. The third kappa shape index (κ3) is 2.45. The highest BCUT2D eigenvalue weighted by Gasteiger charge is 2.21. The third-order valence-corrected chi connectivity index (χ3v) is 2.62. The molecule has 1 heterocycles. The molecular weight excluding hydrogens is 246 g/mol. The Balaban J connectivity index is 2.22. The van der Waals surface area contributed by atoms with Gasteiger partial charge in [-0.05, 0) is 19.1 Å². The van der Waals surface area contributed by atoms with Gasteiger partial charge in [-0.3, -0.25) is 4.79 Å². The minimum atomic E-state index is -0.313. The van der Waals surface area contributed by atoms with Crippen molar-refractivity contribution in [2.24, 2.45) is 0 Å². The van der Waals surface area contributed by atoms with Gasteiger partial charge in [0, 0.05) is 11.6 Å². The minimum absolute atomic E-state index is 0.104. The number of carbonyl (C=O) groups is 1. The van der Waals surface area contributed by atoms with E-state index in [1.165, 1.54) is 6.07 Å². The van der Waals surface area contributed by atoms with Gasteiger partial charge in [0.15, 0.2) is 11.5 Å². The van der Waals surface area contributed by atoms with Crippen LogP contribution in [0.1, 0.15) is 17.3 Å². The molecule has 92 valence electrons. The number of aliphatic hydroxyl groups is 1. The maximum atomic E-state index is 11.8. The molecule has 1 atom stereocenters. The number of rotatable bonds is 3. The molecule has 0 spiro atoms. The average molecular weight is 258 g/mol. The normalized spacial score (nSPS) is 14.5. The van der Waals surface area contributed by atoms with Crippen molar-refractivity contribution in [3.05, 3.63) is 22.7 Å². The average Bonchev–Trinajstić information content (AvgIpc) is 2.77. The van der Waals surface area contributed by atoms with Crippen molar-refractivity contribution < 1.29 is 19.4 Å². The number of hydrogen-bond acceptors (Lipinski definition) is 4. The summed E-state index contributed by atoms with van der Waals surface area (Å²) >= 11 is 5.95. The summed E-state index contributed by atoms with van der Waals surface area (Å²) in [6.45, 7) is 1.68. The first-order chi connectivity index (χ1) is 8.11. The summed E-state index contributed by atoms with van der Waals surface area (Å²) in [4.78, 5) is 11.8. The van der Waals surface area contributed by atoms with Crippen LogP contribution in [0.4, 0.5) is 0 Å². The second-order valence-electron chi connectivity index (χ2n) is 3.75. The summed E-state index contributed by atoms with van der Waals surface area (Å²) in [5, 5.41) is 11.8. The lowest BCUT2D eigenvalue weighted by molar-refractivity contribution is 0.0922. The van der Waals surface area contributed by atoms with Gasteiger partial charge < -0.3 is 19.9 Å². The first kappa shape index (κ1) is 12.0. The van der Waals surface area contributed by atoms with Gasteiger partial charge in [-0.2, -0.15) is 0 Å². The van der Waals surface area contributed by atoms with Crippen LogP contribution < -0.4 is 14.8 Å². The molecule has 0 saturated heterocycles. The summed E-state index contributed by atoms with van der Waals surface area (Å²) in [7, 11) is 0. The Morgan fingerprint density at radius 3 is 3.06 bits per heavy atom. The predicted octanol–water partition coefficient (Wildman–Crippen LogP) is 1.18. The Labute approximate surface area is 103 Å². The Bertz CT molecular complexity index is 449. The molecule has 0 aromatic heterocycles. The zero-order chi connectivity index (χ0) is 12.4. The molecule has 0 aliphatic carbocycles. The molecule has 1 amide bonds. The highest BCUT2D eigenvalue weighted by atomic mass is 35.5. The number of hydrogen-bond donors (Lipinski definition) is 2. The summed E-state index contributed by atoms with van der Waals surface area (Å²) in [5.74, 6) is 0.601. The van der Waals surface area contributed by atoms with Crippen molar-refractivity contribution in [2.75, 3.05) is 13.4 Å². The molecule has 0 unspecified atom stereocenters. The Morgan fingerprint density at radius 1 is 1.59 bits per heavy atom. The lowest BCUT2D eigenvalue weighted by Crippen LogP contribution is -2.34. The second kappa shape index (κ2) is 4.81. The summed E-state index contributed by atoms with van der Waals surface area (Å²) in [6.07, 6.45) is 0. The number of carbonyl (C=O) groups excluding carboxylic acids is 1. The monoisotopic (exact) mass is 257 g/mol. The van der Waals surface area contributed by atoms with Gasteiger partial charge in [0.2, 0.25) is 6.79 Å². The summed E-state index contributed by atoms with van der Waals surface area (Å²) in [5.41, 5.74) is 0.375. The molecule has 1 aliphatic rings. The molecule has 1 aliphatic heterocycles. The number of aliphatic hydroxyl groups excluding tert-OH is 1. The fraction of sp³-hybridized carbons (Fsp3) is 0.364. The second-order valence-corrected chi connectivity index (χ2v) is 4.16. The van der Waals surface area contributed by atoms with Crippen LogP contribution in [0.2, 0.25) is 5.02 Å². The largest absolute Gasteiger partial charge is 0.454 e. The van der Waals surface area contributed by atoms with E-state index < -0.39 is 0 Å². The SMILES string of the molecule is C[C@@H](CO)NC(=O)c1cc(Cl)c2c(c1)OCO2. The number of ether oxygens (including phenoxy) is 2. The molecule has 6 heteroatoms. The lowest BCUT2D eigenvalue weighted by atomic mass is 10.1. The molecule has 2 rings (SSSR count). The van der Waals surface area contributed by atoms with Crippen LogP contribution >= 0.6 is 11.6 Å². The van der Waals surface area contributed by atoms with Crippen LogP contribution in [0.3, 0.4) is 0 Å². The van der Waals surface area contributed by atoms with Gasteiger partial charge >= 0.3 is 0 Å². The van der Waals surface area contributed by atoms with Crippen LogP contribution in [-0.4, -0.2) is 30.5 Å². The number of nitrogens with one attached hydrogen (secondary N) is 1.